The molecule has 1 amide bonds. The van der Waals surface area contributed by atoms with Crippen LogP contribution in [0.15, 0.2) is 81.5 Å². The maximum Gasteiger partial charge on any atom is 0.326 e. The molecule has 15 heteroatoms. The van der Waals surface area contributed by atoms with Crippen LogP contribution in [0.25, 0.3) is 10.2 Å². The van der Waals surface area contributed by atoms with Crippen molar-refractivity contribution in [2.24, 2.45) is 10.1 Å². The Bertz CT molecular complexity index is 1860. The van der Waals surface area contributed by atoms with Crippen LogP contribution in [0.4, 0.5) is 5.69 Å². The molecule has 3 aromatic carbocycles. The molecule has 0 aliphatic carbocycles. The van der Waals surface area contributed by atoms with Crippen LogP contribution in [-0.4, -0.2) is 39.9 Å². The van der Waals surface area contributed by atoms with Gasteiger partial charge in [-0.15, -0.1) is 0 Å². The minimum atomic E-state index is -3.99. The van der Waals surface area contributed by atoms with Crippen molar-refractivity contribution in [1.82, 2.24) is 4.57 Å². The molecule has 0 saturated heterocycles. The van der Waals surface area contributed by atoms with Crippen LogP contribution in [0, 0.1) is 0 Å². The number of anilines is 1. The van der Waals surface area contributed by atoms with Crippen molar-refractivity contribution in [3.63, 3.8) is 0 Å². The van der Waals surface area contributed by atoms with E-state index in [2.05, 4.69) is 9.71 Å². The van der Waals surface area contributed by atoms with Gasteiger partial charge in [0.15, 0.2) is 4.80 Å². The normalized spacial score (nSPS) is 12.4. The van der Waals surface area contributed by atoms with E-state index in [4.69, 9.17) is 21.5 Å². The van der Waals surface area contributed by atoms with Crippen molar-refractivity contribution in [2.75, 3.05) is 11.3 Å². The molecule has 11 nitrogen and oxygen atoms in total. The number of fused-ring (bicyclic) bond motifs is 1. The van der Waals surface area contributed by atoms with Crippen LogP contribution in [0.3, 0.4) is 0 Å². The summed E-state index contributed by atoms with van der Waals surface area (Å²) < 4.78 is 58.3. The third-order valence-corrected chi connectivity index (χ3v) is 8.86. The smallest absolute Gasteiger partial charge is 0.326 e. The number of ether oxygens (including phenoxy) is 1. The highest BCUT2D eigenvalue weighted by Gasteiger charge is 2.18. The number of hydrogen-bond acceptors (Lipinski definition) is 8. The number of esters is 1. The summed E-state index contributed by atoms with van der Waals surface area (Å²) in [6.45, 7) is 1.51. The number of halogens is 1. The number of nitrogens with two attached hydrogens (primary N) is 1. The molecule has 0 aliphatic rings. The Labute approximate surface area is 232 Å². The molecule has 0 bridgehead atoms. The Balaban J connectivity index is 1.72. The minimum absolute atomic E-state index is 0.0162. The first-order valence-electron chi connectivity index (χ1n) is 11.2. The molecular formula is C24H21ClN4O7S3. The van der Waals surface area contributed by atoms with E-state index in [0.717, 1.165) is 11.3 Å². The molecule has 0 atom stereocenters. The standard InChI is InChI=1S/C24H21ClN4O7S3/c1-2-36-22(30)14-29-20-11-10-19(38(26,32)33)13-21(20)37-24(29)27-23(31)15-4-3-5-17(12-15)28-39(34,35)18-8-6-16(25)7-9-18/h3-13,28H,2,14H2,1H3,(H2,26,32,33). The molecule has 39 heavy (non-hydrogen) atoms. The number of aromatic nitrogens is 1. The Morgan fingerprint density at radius 1 is 1.03 bits per heavy atom. The van der Waals surface area contributed by atoms with Gasteiger partial charge in [-0.05, 0) is 67.6 Å². The van der Waals surface area contributed by atoms with Crippen LogP contribution in [-0.2, 0) is 36.1 Å². The molecule has 0 radical (unpaired) electrons. The Kier molecular flexibility index (Phi) is 8.23. The number of amides is 1. The molecule has 1 aromatic heterocycles. The van der Waals surface area contributed by atoms with E-state index >= 15 is 0 Å². The summed E-state index contributed by atoms with van der Waals surface area (Å²) in [7, 11) is -7.95. The maximum absolute atomic E-state index is 13.1. The summed E-state index contributed by atoms with van der Waals surface area (Å²) in [5.41, 5.74) is 0.632. The van der Waals surface area contributed by atoms with Gasteiger partial charge in [0.05, 0.1) is 26.6 Å². The highest BCUT2D eigenvalue weighted by Crippen LogP contribution is 2.22. The largest absolute Gasteiger partial charge is 0.465 e. The lowest BCUT2D eigenvalue weighted by atomic mass is 10.2. The zero-order valence-corrected chi connectivity index (χ0v) is 23.4. The third kappa shape index (κ3) is 6.72. The predicted octanol–water partition coefficient (Wildman–Crippen LogP) is 3.11. The lowest BCUT2D eigenvalue weighted by molar-refractivity contribution is -0.143. The van der Waals surface area contributed by atoms with Gasteiger partial charge in [-0.25, -0.2) is 22.0 Å². The number of carbonyl (C=O) groups excluding carboxylic acids is 2. The number of hydrogen-bond donors (Lipinski definition) is 2. The fourth-order valence-corrected chi connectivity index (χ4v) is 6.36. The fraction of sp³-hybridized carbons (Fsp3) is 0.125. The molecule has 4 aromatic rings. The van der Waals surface area contributed by atoms with Crippen LogP contribution in [0.5, 0.6) is 0 Å². The zero-order chi connectivity index (χ0) is 28.4. The zero-order valence-electron chi connectivity index (χ0n) is 20.2. The molecule has 0 saturated carbocycles. The highest BCUT2D eigenvalue weighted by molar-refractivity contribution is 7.92. The van der Waals surface area contributed by atoms with Crippen molar-refractivity contribution in [2.45, 2.75) is 23.3 Å². The SMILES string of the molecule is CCOC(=O)Cn1c(=NC(=O)c2cccc(NS(=O)(=O)c3ccc(Cl)cc3)c2)sc2cc(S(N)(=O)=O)ccc21. The first kappa shape index (κ1) is 28.4. The first-order valence-corrected chi connectivity index (χ1v) is 15.4. The van der Waals surface area contributed by atoms with E-state index in [9.17, 15) is 26.4 Å². The summed E-state index contributed by atoms with van der Waals surface area (Å²) in [4.78, 5) is 29.4. The average Bonchev–Trinajstić information content (AvgIpc) is 3.19. The lowest BCUT2D eigenvalue weighted by Gasteiger charge is -2.09. The second-order valence-electron chi connectivity index (χ2n) is 8.01. The van der Waals surface area contributed by atoms with Crippen LogP contribution in [0.1, 0.15) is 17.3 Å². The predicted molar refractivity (Wildman–Crippen MR) is 146 cm³/mol. The summed E-state index contributed by atoms with van der Waals surface area (Å²) in [6.07, 6.45) is 0. The molecular weight excluding hydrogens is 588 g/mol. The number of nitrogens with zero attached hydrogens (tertiary/aromatic N) is 2. The lowest BCUT2D eigenvalue weighted by Crippen LogP contribution is -2.23. The molecule has 204 valence electrons. The topological polar surface area (TPSA) is 167 Å². The first-order chi connectivity index (χ1) is 18.4. The van der Waals surface area contributed by atoms with Crippen LogP contribution < -0.4 is 14.7 Å². The number of carbonyl (C=O) groups is 2. The van der Waals surface area contributed by atoms with Gasteiger partial charge in [0.1, 0.15) is 6.54 Å². The van der Waals surface area contributed by atoms with Crippen LogP contribution >= 0.6 is 22.9 Å². The second-order valence-corrected chi connectivity index (χ2v) is 12.7. The van der Waals surface area contributed by atoms with E-state index in [0.29, 0.717) is 15.2 Å². The molecule has 0 unspecified atom stereocenters. The number of sulfonamides is 2. The summed E-state index contributed by atoms with van der Waals surface area (Å²) >= 11 is 6.81. The second kappa shape index (κ2) is 11.3. The van der Waals surface area contributed by atoms with Gasteiger partial charge in [0.25, 0.3) is 15.9 Å². The summed E-state index contributed by atoms with van der Waals surface area (Å²) in [5, 5.41) is 5.62. The molecule has 0 spiro atoms. The van der Waals surface area contributed by atoms with Gasteiger partial charge in [-0.3, -0.25) is 14.3 Å². The van der Waals surface area contributed by atoms with Crippen molar-refractivity contribution >= 4 is 70.8 Å². The fourth-order valence-electron chi connectivity index (χ4n) is 3.50. The number of rotatable bonds is 8. The number of benzene rings is 3. The van der Waals surface area contributed by atoms with E-state index in [1.54, 1.807) is 6.92 Å². The Hall–Kier alpha value is -3.56. The summed E-state index contributed by atoms with van der Waals surface area (Å²) in [5.74, 6) is -1.31. The quantitative estimate of drug-likeness (QED) is 0.290. The van der Waals surface area contributed by atoms with Gasteiger partial charge in [-0.2, -0.15) is 4.99 Å². The number of nitrogens with one attached hydrogen (secondary N) is 1. The number of thiazole rings is 1. The van der Waals surface area contributed by atoms with Gasteiger partial charge >= 0.3 is 5.97 Å². The maximum atomic E-state index is 13.1. The van der Waals surface area contributed by atoms with Gasteiger partial charge in [0.2, 0.25) is 10.0 Å². The molecule has 0 fully saturated rings. The van der Waals surface area contributed by atoms with Crippen molar-refractivity contribution in [3.05, 3.63) is 82.1 Å². The van der Waals surface area contributed by atoms with E-state index in [1.165, 1.54) is 71.3 Å². The van der Waals surface area contributed by atoms with Crippen LogP contribution in [0.2, 0.25) is 5.02 Å². The van der Waals surface area contributed by atoms with Gasteiger partial charge in [0, 0.05) is 16.3 Å². The molecule has 3 N–H and O–H groups in total. The molecule has 0 aliphatic heterocycles. The van der Waals surface area contributed by atoms with Gasteiger partial charge < -0.3 is 9.30 Å². The van der Waals surface area contributed by atoms with Crippen molar-refractivity contribution in [3.8, 4) is 0 Å². The third-order valence-electron chi connectivity index (χ3n) is 5.26. The number of primary sulfonamides is 1. The monoisotopic (exact) mass is 608 g/mol. The van der Waals surface area contributed by atoms with Crippen molar-refractivity contribution in [1.29, 1.82) is 0 Å². The molecule has 1 heterocycles. The Morgan fingerprint density at radius 2 is 1.72 bits per heavy atom. The summed E-state index contributed by atoms with van der Waals surface area (Å²) in [6, 6.07) is 15.4. The van der Waals surface area contributed by atoms with E-state index in [-0.39, 0.29) is 39.0 Å². The van der Waals surface area contributed by atoms with E-state index < -0.39 is 31.9 Å². The Morgan fingerprint density at radius 3 is 2.38 bits per heavy atom. The van der Waals surface area contributed by atoms with Gasteiger partial charge in [-0.1, -0.05) is 29.0 Å². The molecule has 4 rings (SSSR count). The minimum Gasteiger partial charge on any atom is -0.465 e. The highest BCUT2D eigenvalue weighted by atomic mass is 35.5. The average molecular weight is 609 g/mol. The van der Waals surface area contributed by atoms with Crippen molar-refractivity contribution < 1.29 is 31.2 Å². The van der Waals surface area contributed by atoms with E-state index in [1.807, 2.05) is 0 Å².